The Balaban J connectivity index is 2.80. The fraction of sp³-hybridized carbons (Fsp3) is 0.250. The van der Waals surface area contributed by atoms with Gasteiger partial charge in [-0.3, -0.25) is 4.99 Å². The standard InChI is InChI=1S/C8H14N6/c1-11-7(9)13-8(10)14(2)6-3-4-12-5-6/h3-5,12H,1-2H3,(H4,9,10,11,13). The quantitative estimate of drug-likeness (QED) is 0.423. The molecule has 0 saturated heterocycles. The van der Waals surface area contributed by atoms with Crippen molar-refractivity contribution in [3.8, 4) is 0 Å². The molecule has 1 rings (SSSR count). The largest absolute Gasteiger partial charge is 0.369 e. The summed E-state index contributed by atoms with van der Waals surface area (Å²) in [6.07, 6.45) is 3.61. The monoisotopic (exact) mass is 194 g/mol. The minimum absolute atomic E-state index is 0.157. The van der Waals surface area contributed by atoms with Gasteiger partial charge in [-0.25, -0.2) is 0 Å². The predicted molar refractivity (Wildman–Crippen MR) is 58.4 cm³/mol. The molecule has 0 fully saturated rings. The third-order valence-corrected chi connectivity index (χ3v) is 1.77. The molecular weight excluding hydrogens is 180 g/mol. The number of nitrogens with two attached hydrogens (primary N) is 2. The highest BCUT2D eigenvalue weighted by Crippen LogP contribution is 2.08. The van der Waals surface area contributed by atoms with E-state index in [0.29, 0.717) is 5.96 Å². The zero-order valence-corrected chi connectivity index (χ0v) is 8.23. The van der Waals surface area contributed by atoms with Crippen molar-refractivity contribution in [1.82, 2.24) is 4.98 Å². The predicted octanol–water partition coefficient (Wildman–Crippen LogP) is -0.290. The van der Waals surface area contributed by atoms with E-state index in [0.717, 1.165) is 5.69 Å². The number of aromatic amines is 1. The van der Waals surface area contributed by atoms with E-state index >= 15 is 0 Å². The number of aliphatic imine (C=N–C) groups is 2. The summed E-state index contributed by atoms with van der Waals surface area (Å²) in [6.45, 7) is 0. The van der Waals surface area contributed by atoms with E-state index in [1.165, 1.54) is 0 Å². The number of hydrogen-bond donors (Lipinski definition) is 3. The van der Waals surface area contributed by atoms with Crippen LogP contribution in [0.25, 0.3) is 0 Å². The minimum Gasteiger partial charge on any atom is -0.369 e. The molecule has 0 atom stereocenters. The van der Waals surface area contributed by atoms with E-state index in [2.05, 4.69) is 15.0 Å². The number of aromatic nitrogens is 1. The molecule has 0 saturated carbocycles. The molecule has 0 bridgehead atoms. The lowest BCUT2D eigenvalue weighted by Crippen LogP contribution is -2.35. The van der Waals surface area contributed by atoms with E-state index in [-0.39, 0.29) is 5.96 Å². The number of anilines is 1. The minimum atomic E-state index is 0.157. The maximum absolute atomic E-state index is 5.69. The van der Waals surface area contributed by atoms with Crippen molar-refractivity contribution < 1.29 is 0 Å². The summed E-state index contributed by atoms with van der Waals surface area (Å²) < 4.78 is 0. The van der Waals surface area contributed by atoms with Gasteiger partial charge in [-0.05, 0) is 6.07 Å². The first-order valence-electron chi connectivity index (χ1n) is 4.08. The Morgan fingerprint density at radius 3 is 2.71 bits per heavy atom. The molecule has 0 aliphatic carbocycles. The Morgan fingerprint density at radius 2 is 2.21 bits per heavy atom. The molecular formula is C8H14N6. The molecule has 0 aliphatic heterocycles. The normalized spacial score (nSPS) is 13.0. The SMILES string of the molecule is CN=C(N)N=C(N)N(C)c1cc[nH]c1. The van der Waals surface area contributed by atoms with Crippen LogP contribution < -0.4 is 16.4 Å². The lowest BCUT2D eigenvalue weighted by Gasteiger charge is -2.15. The number of H-pyrrole nitrogens is 1. The molecule has 0 amide bonds. The van der Waals surface area contributed by atoms with E-state index in [4.69, 9.17) is 11.5 Å². The second-order valence-corrected chi connectivity index (χ2v) is 2.68. The van der Waals surface area contributed by atoms with Crippen LogP contribution in [-0.2, 0) is 0 Å². The van der Waals surface area contributed by atoms with Crippen molar-refractivity contribution in [2.45, 2.75) is 0 Å². The Labute approximate surface area is 82.3 Å². The maximum atomic E-state index is 5.69. The zero-order valence-electron chi connectivity index (χ0n) is 8.23. The maximum Gasteiger partial charge on any atom is 0.218 e. The van der Waals surface area contributed by atoms with Gasteiger partial charge in [0.15, 0.2) is 0 Å². The van der Waals surface area contributed by atoms with E-state index in [9.17, 15) is 0 Å². The molecule has 14 heavy (non-hydrogen) atoms. The van der Waals surface area contributed by atoms with Crippen LogP contribution in [0.1, 0.15) is 0 Å². The highest BCUT2D eigenvalue weighted by molar-refractivity contribution is 6.01. The van der Waals surface area contributed by atoms with Crippen LogP contribution in [0.4, 0.5) is 5.69 Å². The average Bonchev–Trinajstić information content (AvgIpc) is 2.69. The second-order valence-electron chi connectivity index (χ2n) is 2.68. The number of nitrogens with one attached hydrogen (secondary N) is 1. The van der Waals surface area contributed by atoms with Crippen LogP contribution in [0.5, 0.6) is 0 Å². The van der Waals surface area contributed by atoms with Gasteiger partial charge >= 0.3 is 0 Å². The molecule has 76 valence electrons. The molecule has 1 aromatic rings. The van der Waals surface area contributed by atoms with Crippen molar-refractivity contribution in [2.24, 2.45) is 21.5 Å². The molecule has 0 unspecified atom stereocenters. The molecule has 5 N–H and O–H groups in total. The Hall–Kier alpha value is -1.98. The summed E-state index contributed by atoms with van der Waals surface area (Å²) >= 11 is 0. The molecule has 0 spiro atoms. The van der Waals surface area contributed by atoms with Gasteiger partial charge in [0, 0.05) is 26.5 Å². The van der Waals surface area contributed by atoms with Crippen LogP contribution in [0.15, 0.2) is 28.4 Å². The third kappa shape index (κ3) is 2.25. The fourth-order valence-electron chi connectivity index (χ4n) is 0.898. The summed E-state index contributed by atoms with van der Waals surface area (Å²) in [5.74, 6) is 0.456. The molecule has 6 heteroatoms. The average molecular weight is 194 g/mol. The van der Waals surface area contributed by atoms with Gasteiger partial charge in [0.05, 0.1) is 5.69 Å². The Bertz CT molecular complexity index is 337. The molecule has 6 nitrogen and oxygen atoms in total. The number of rotatable bonds is 1. The van der Waals surface area contributed by atoms with Gasteiger partial charge in [-0.1, -0.05) is 0 Å². The van der Waals surface area contributed by atoms with Gasteiger partial charge in [-0.2, -0.15) is 4.99 Å². The number of hydrogen-bond acceptors (Lipinski definition) is 1. The second kappa shape index (κ2) is 4.31. The van der Waals surface area contributed by atoms with Gasteiger partial charge in [0.25, 0.3) is 0 Å². The molecule has 1 aromatic heterocycles. The molecule has 0 aliphatic rings. The van der Waals surface area contributed by atoms with Gasteiger partial charge in [0.1, 0.15) is 0 Å². The van der Waals surface area contributed by atoms with Crippen LogP contribution >= 0.6 is 0 Å². The first kappa shape index (κ1) is 10.1. The highest BCUT2D eigenvalue weighted by Gasteiger charge is 2.04. The van der Waals surface area contributed by atoms with Crippen molar-refractivity contribution >= 4 is 17.6 Å². The summed E-state index contributed by atoms with van der Waals surface area (Å²) in [7, 11) is 3.35. The first-order valence-corrected chi connectivity index (χ1v) is 4.08. The van der Waals surface area contributed by atoms with Crippen LogP contribution in [0.2, 0.25) is 0 Å². The van der Waals surface area contributed by atoms with Gasteiger partial charge < -0.3 is 21.4 Å². The molecule has 0 radical (unpaired) electrons. The van der Waals surface area contributed by atoms with Gasteiger partial charge in [0.2, 0.25) is 11.9 Å². The smallest absolute Gasteiger partial charge is 0.218 e. The summed E-state index contributed by atoms with van der Waals surface area (Å²) in [5.41, 5.74) is 12.0. The zero-order chi connectivity index (χ0) is 10.6. The highest BCUT2D eigenvalue weighted by atomic mass is 15.3. The molecule has 1 heterocycles. The number of guanidine groups is 2. The van der Waals surface area contributed by atoms with Crippen molar-refractivity contribution in [1.29, 1.82) is 0 Å². The summed E-state index contributed by atoms with van der Waals surface area (Å²) in [5, 5.41) is 0. The van der Waals surface area contributed by atoms with E-state index in [1.54, 1.807) is 25.2 Å². The van der Waals surface area contributed by atoms with Crippen LogP contribution in [-0.4, -0.2) is 31.0 Å². The summed E-state index contributed by atoms with van der Waals surface area (Å²) in [6, 6.07) is 1.88. The molecule has 0 aromatic carbocycles. The van der Waals surface area contributed by atoms with Crippen molar-refractivity contribution in [3.63, 3.8) is 0 Å². The topological polar surface area (TPSA) is 95.8 Å². The lowest BCUT2D eigenvalue weighted by atomic mass is 10.5. The van der Waals surface area contributed by atoms with Crippen molar-refractivity contribution in [2.75, 3.05) is 19.0 Å². The van der Waals surface area contributed by atoms with Crippen molar-refractivity contribution in [3.05, 3.63) is 18.5 Å². The Morgan fingerprint density at radius 1 is 1.50 bits per heavy atom. The number of nitrogens with zero attached hydrogens (tertiary/aromatic N) is 3. The van der Waals surface area contributed by atoms with Crippen LogP contribution in [0.3, 0.4) is 0 Å². The summed E-state index contributed by atoms with van der Waals surface area (Å²) in [4.78, 5) is 12.2. The van der Waals surface area contributed by atoms with Gasteiger partial charge in [-0.15, -0.1) is 0 Å². The third-order valence-electron chi connectivity index (χ3n) is 1.77. The lowest BCUT2D eigenvalue weighted by molar-refractivity contribution is 1.22. The van der Waals surface area contributed by atoms with E-state index < -0.39 is 0 Å². The first-order chi connectivity index (χ1) is 6.65. The fourth-order valence-corrected chi connectivity index (χ4v) is 0.898. The Kier molecular flexibility index (Phi) is 3.11. The van der Waals surface area contributed by atoms with Crippen LogP contribution in [0, 0.1) is 0 Å². The van der Waals surface area contributed by atoms with E-state index in [1.807, 2.05) is 12.3 Å².